The fraction of sp³-hybridized carbons (Fsp3) is 0.417. The van der Waals surface area contributed by atoms with E-state index in [0.29, 0.717) is 0 Å². The first-order valence-corrected chi connectivity index (χ1v) is 9.86. The summed E-state index contributed by atoms with van der Waals surface area (Å²) in [6.07, 6.45) is 4.48. The van der Waals surface area contributed by atoms with Crippen LogP contribution in [0.5, 0.6) is 11.5 Å². The second-order valence-electron chi connectivity index (χ2n) is 7.32. The Balaban J connectivity index is 2.82. The van der Waals surface area contributed by atoms with Crippen LogP contribution in [0.25, 0.3) is 0 Å². The van der Waals surface area contributed by atoms with Crippen LogP contribution in [0.2, 0.25) is 0 Å². The zero-order valence-electron chi connectivity index (χ0n) is 18.2. The van der Waals surface area contributed by atoms with Gasteiger partial charge in [0.25, 0.3) is 0 Å². The van der Waals surface area contributed by atoms with Crippen molar-refractivity contribution in [3.8, 4) is 11.5 Å². The van der Waals surface area contributed by atoms with E-state index in [9.17, 15) is 0 Å². The Bertz CT molecular complexity index is 731. The van der Waals surface area contributed by atoms with E-state index in [-0.39, 0.29) is 6.71 Å². The number of allylic oxidation sites excluding steroid dienone is 2. The average molecular weight is 364 g/mol. The van der Waals surface area contributed by atoms with Gasteiger partial charge in [0.05, 0.1) is 14.2 Å². The maximum Gasteiger partial charge on any atom is 0.238 e. The Morgan fingerprint density at radius 1 is 0.778 bits per heavy atom. The molecule has 0 heterocycles. The summed E-state index contributed by atoms with van der Waals surface area (Å²) in [4.78, 5) is 0. The van der Waals surface area contributed by atoms with Gasteiger partial charge in [-0.3, -0.25) is 0 Å². The number of hydrogen-bond donors (Lipinski definition) is 0. The van der Waals surface area contributed by atoms with E-state index in [1.165, 1.54) is 38.7 Å². The molecular weight excluding hydrogens is 331 g/mol. The topological polar surface area (TPSA) is 18.5 Å². The number of aryl methyl sites for hydroxylation is 4. The third-order valence-corrected chi connectivity index (χ3v) is 5.43. The molecule has 0 saturated heterocycles. The SMILES string of the molecule is CCC=C(CC)B(c1c(C)cc(OC)cc1C)c1c(C)cc(OC)cc1C. The normalized spacial score (nSPS) is 11.5. The van der Waals surface area contributed by atoms with Crippen LogP contribution in [-0.2, 0) is 0 Å². The van der Waals surface area contributed by atoms with Crippen LogP contribution in [0.15, 0.2) is 35.8 Å². The molecule has 0 unspecified atom stereocenters. The zero-order chi connectivity index (χ0) is 20.1. The van der Waals surface area contributed by atoms with Crippen LogP contribution in [0.3, 0.4) is 0 Å². The van der Waals surface area contributed by atoms with E-state index < -0.39 is 0 Å². The summed E-state index contributed by atoms with van der Waals surface area (Å²) >= 11 is 0. The highest BCUT2D eigenvalue weighted by Gasteiger charge is 2.29. The highest BCUT2D eigenvalue weighted by molar-refractivity contribution is 6.92. The largest absolute Gasteiger partial charge is 0.497 e. The quantitative estimate of drug-likeness (QED) is 0.655. The number of ether oxygens (including phenoxy) is 2. The van der Waals surface area contributed by atoms with Gasteiger partial charge < -0.3 is 9.47 Å². The molecule has 144 valence electrons. The fourth-order valence-corrected chi connectivity index (χ4v) is 4.26. The van der Waals surface area contributed by atoms with Crippen molar-refractivity contribution in [1.29, 1.82) is 0 Å². The Morgan fingerprint density at radius 3 is 1.41 bits per heavy atom. The summed E-state index contributed by atoms with van der Waals surface area (Å²) in [5.41, 5.74) is 9.39. The highest BCUT2D eigenvalue weighted by atomic mass is 16.5. The Hall–Kier alpha value is -2.16. The van der Waals surface area contributed by atoms with Gasteiger partial charge in [0.1, 0.15) is 11.5 Å². The van der Waals surface area contributed by atoms with E-state index in [1.54, 1.807) is 14.2 Å². The van der Waals surface area contributed by atoms with Crippen molar-refractivity contribution < 1.29 is 9.47 Å². The third kappa shape index (κ3) is 4.40. The van der Waals surface area contributed by atoms with Gasteiger partial charge in [-0.2, -0.15) is 0 Å². The molecule has 0 fully saturated rings. The Labute approximate surface area is 165 Å². The summed E-state index contributed by atoms with van der Waals surface area (Å²) in [7, 11) is 3.47. The Morgan fingerprint density at radius 2 is 1.15 bits per heavy atom. The third-order valence-electron chi connectivity index (χ3n) is 5.43. The molecule has 0 radical (unpaired) electrons. The van der Waals surface area contributed by atoms with Crippen molar-refractivity contribution in [3.05, 3.63) is 58.1 Å². The monoisotopic (exact) mass is 364 g/mol. The number of methoxy groups -OCH3 is 2. The first-order valence-electron chi connectivity index (χ1n) is 9.86. The summed E-state index contributed by atoms with van der Waals surface area (Å²) in [6, 6.07) is 8.62. The fourth-order valence-electron chi connectivity index (χ4n) is 4.26. The van der Waals surface area contributed by atoms with E-state index in [4.69, 9.17) is 9.47 Å². The minimum absolute atomic E-state index is 0.256. The van der Waals surface area contributed by atoms with Gasteiger partial charge in [0.15, 0.2) is 0 Å². The van der Waals surface area contributed by atoms with Crippen molar-refractivity contribution in [2.75, 3.05) is 14.2 Å². The maximum absolute atomic E-state index is 5.50. The molecule has 2 nitrogen and oxygen atoms in total. The maximum atomic E-state index is 5.50. The minimum atomic E-state index is 0.256. The summed E-state index contributed by atoms with van der Waals surface area (Å²) < 4.78 is 11.0. The zero-order valence-corrected chi connectivity index (χ0v) is 18.2. The molecule has 0 bridgehead atoms. The van der Waals surface area contributed by atoms with Crippen LogP contribution in [0.4, 0.5) is 0 Å². The molecule has 0 N–H and O–H groups in total. The lowest BCUT2D eigenvalue weighted by Gasteiger charge is -2.26. The molecule has 0 aliphatic rings. The van der Waals surface area contributed by atoms with Crippen LogP contribution >= 0.6 is 0 Å². The van der Waals surface area contributed by atoms with Gasteiger partial charge in [0.2, 0.25) is 6.71 Å². The van der Waals surface area contributed by atoms with Crippen LogP contribution in [0.1, 0.15) is 48.9 Å². The molecule has 0 amide bonds. The number of benzene rings is 2. The standard InChI is InChI=1S/C24H33BO2/c1-9-11-20(10-2)25(23-16(3)12-21(26-7)13-17(23)4)24-18(5)14-22(27-8)15-19(24)6/h11-15H,9-10H2,1-8H3. The molecular formula is C24H33BO2. The van der Waals surface area contributed by atoms with Gasteiger partial charge in [-0.15, -0.1) is 0 Å². The van der Waals surface area contributed by atoms with Gasteiger partial charge >= 0.3 is 0 Å². The molecule has 3 heteroatoms. The lowest BCUT2D eigenvalue weighted by molar-refractivity contribution is 0.414. The number of rotatable bonds is 7. The summed E-state index contributed by atoms with van der Waals surface area (Å²) in [5, 5.41) is 0. The molecule has 0 aliphatic heterocycles. The first-order chi connectivity index (χ1) is 12.9. The molecule has 0 aromatic heterocycles. The number of hydrogen-bond acceptors (Lipinski definition) is 2. The predicted molar refractivity (Wildman–Crippen MR) is 119 cm³/mol. The lowest BCUT2D eigenvalue weighted by atomic mass is 9.33. The van der Waals surface area contributed by atoms with Crippen LogP contribution in [0, 0.1) is 27.7 Å². The first kappa shape index (κ1) is 21.1. The van der Waals surface area contributed by atoms with Crippen molar-refractivity contribution in [1.82, 2.24) is 0 Å². The molecule has 0 spiro atoms. The molecule has 27 heavy (non-hydrogen) atoms. The van der Waals surface area contributed by atoms with E-state index in [0.717, 1.165) is 24.3 Å². The van der Waals surface area contributed by atoms with Crippen molar-refractivity contribution >= 4 is 17.6 Å². The predicted octanol–water partition coefficient (Wildman–Crippen LogP) is 4.83. The van der Waals surface area contributed by atoms with Gasteiger partial charge in [-0.1, -0.05) is 58.6 Å². The second kappa shape index (κ2) is 9.17. The molecule has 2 aromatic carbocycles. The Kier molecular flexibility index (Phi) is 7.18. The van der Waals surface area contributed by atoms with Crippen LogP contribution < -0.4 is 20.4 Å². The van der Waals surface area contributed by atoms with E-state index in [1.807, 2.05) is 0 Å². The highest BCUT2D eigenvalue weighted by Crippen LogP contribution is 2.22. The van der Waals surface area contributed by atoms with Crippen molar-refractivity contribution in [2.24, 2.45) is 0 Å². The van der Waals surface area contributed by atoms with Gasteiger partial charge in [0, 0.05) is 0 Å². The van der Waals surface area contributed by atoms with Crippen LogP contribution in [-0.4, -0.2) is 20.9 Å². The second-order valence-corrected chi connectivity index (χ2v) is 7.32. The molecule has 0 aliphatic carbocycles. The molecule has 0 atom stereocenters. The lowest BCUT2D eigenvalue weighted by Crippen LogP contribution is -2.49. The van der Waals surface area contributed by atoms with Gasteiger partial charge in [-0.05, 0) is 64.8 Å². The van der Waals surface area contributed by atoms with E-state index in [2.05, 4.69) is 71.9 Å². The summed E-state index contributed by atoms with van der Waals surface area (Å²) in [5.74, 6) is 1.85. The molecule has 2 rings (SSSR count). The van der Waals surface area contributed by atoms with E-state index >= 15 is 0 Å². The van der Waals surface area contributed by atoms with Gasteiger partial charge in [-0.25, -0.2) is 0 Å². The smallest absolute Gasteiger partial charge is 0.238 e. The summed E-state index contributed by atoms with van der Waals surface area (Å²) in [6.45, 7) is 13.5. The van der Waals surface area contributed by atoms with Crippen molar-refractivity contribution in [3.63, 3.8) is 0 Å². The minimum Gasteiger partial charge on any atom is -0.497 e. The molecule has 0 saturated carbocycles. The molecule has 2 aromatic rings. The van der Waals surface area contributed by atoms with Crippen molar-refractivity contribution in [2.45, 2.75) is 54.4 Å². The average Bonchev–Trinajstić information content (AvgIpc) is 2.63.